The third kappa shape index (κ3) is 5.48. The molecule has 1 aromatic heterocycles. The number of hydrogen-bond donors (Lipinski definition) is 3. The van der Waals surface area contributed by atoms with E-state index in [1.54, 1.807) is 18.4 Å². The van der Waals surface area contributed by atoms with Gasteiger partial charge in [-0.15, -0.1) is 23.1 Å². The number of thiazole rings is 1. The van der Waals surface area contributed by atoms with E-state index in [1.165, 1.54) is 11.8 Å². The van der Waals surface area contributed by atoms with Gasteiger partial charge >= 0.3 is 0 Å². The average Bonchev–Trinajstić information content (AvgIpc) is 3.20. The first kappa shape index (κ1) is 22.3. The van der Waals surface area contributed by atoms with Crippen LogP contribution in [0.5, 0.6) is 5.75 Å². The lowest BCUT2D eigenvalue weighted by Gasteiger charge is -2.30. The molecule has 166 valence electrons. The predicted octanol–water partition coefficient (Wildman–Crippen LogP) is 3.93. The monoisotopic (exact) mass is 468 g/mol. The predicted molar refractivity (Wildman–Crippen MR) is 129 cm³/mol. The highest BCUT2D eigenvalue weighted by Gasteiger charge is 2.30. The van der Waals surface area contributed by atoms with Gasteiger partial charge < -0.3 is 15.4 Å². The number of carbonyl (C=O) groups excluding carboxylic acids is 2. The molecule has 2 unspecified atom stereocenters. The van der Waals surface area contributed by atoms with Gasteiger partial charge in [0.2, 0.25) is 11.8 Å². The Bertz CT molecular complexity index is 1090. The Labute approximate surface area is 195 Å². The minimum atomic E-state index is -0.353. The van der Waals surface area contributed by atoms with Gasteiger partial charge in [-0.2, -0.15) is 0 Å². The van der Waals surface area contributed by atoms with Crippen molar-refractivity contribution in [2.45, 2.75) is 24.9 Å². The number of aryl methyl sites for hydroxylation is 1. The maximum Gasteiger partial charge on any atom is 0.234 e. The van der Waals surface area contributed by atoms with Crippen molar-refractivity contribution in [2.75, 3.05) is 18.2 Å². The van der Waals surface area contributed by atoms with Crippen LogP contribution in [0, 0.1) is 6.92 Å². The van der Waals surface area contributed by atoms with Gasteiger partial charge in [0.15, 0.2) is 0 Å². The van der Waals surface area contributed by atoms with Crippen LogP contribution >= 0.6 is 23.1 Å². The number of anilines is 1. The number of nitrogens with one attached hydrogen (secondary N) is 3. The van der Waals surface area contributed by atoms with Crippen LogP contribution in [-0.4, -0.2) is 35.2 Å². The first-order valence-corrected chi connectivity index (χ1v) is 12.0. The molecule has 1 aliphatic rings. The van der Waals surface area contributed by atoms with Gasteiger partial charge in [0.05, 0.1) is 24.6 Å². The zero-order valence-corrected chi connectivity index (χ0v) is 19.4. The third-order valence-corrected chi connectivity index (χ3v) is 7.30. The lowest BCUT2D eigenvalue weighted by molar-refractivity contribution is -0.123. The Morgan fingerprint density at radius 3 is 2.69 bits per heavy atom. The van der Waals surface area contributed by atoms with Gasteiger partial charge in [0, 0.05) is 22.5 Å². The second kappa shape index (κ2) is 10.2. The van der Waals surface area contributed by atoms with Crippen LogP contribution < -0.4 is 20.7 Å². The van der Waals surface area contributed by atoms with E-state index in [4.69, 9.17) is 9.72 Å². The summed E-state index contributed by atoms with van der Waals surface area (Å²) in [5, 5.41) is 10.1. The summed E-state index contributed by atoms with van der Waals surface area (Å²) in [5.74, 6) is 0.853. The van der Waals surface area contributed by atoms with E-state index in [9.17, 15) is 9.59 Å². The molecule has 0 radical (unpaired) electrons. The summed E-state index contributed by atoms with van der Waals surface area (Å²) in [4.78, 5) is 30.4. The van der Waals surface area contributed by atoms with E-state index in [0.29, 0.717) is 6.42 Å². The average molecular weight is 469 g/mol. The first-order valence-electron chi connectivity index (χ1n) is 10.2. The smallest absolute Gasteiger partial charge is 0.234 e. The standard InChI is InChI=1S/C23H24N4O3S2/c1-14-21(32-22(24-14)15-8-10-17(30-2)11-9-15)18-12-19(28)27-23(26-18)31-13-20(29)25-16-6-4-3-5-7-16/h3-11,18,23,26H,12-13H2,1-2H3,(H,25,29)(H,27,28). The molecule has 3 N–H and O–H groups in total. The molecule has 0 bridgehead atoms. The number of amides is 2. The summed E-state index contributed by atoms with van der Waals surface area (Å²) >= 11 is 2.94. The minimum absolute atomic E-state index is 0.0477. The second-order valence-corrected chi connectivity index (χ2v) is 9.42. The fourth-order valence-electron chi connectivity index (χ4n) is 3.40. The lowest BCUT2D eigenvalue weighted by atomic mass is 10.1. The van der Waals surface area contributed by atoms with E-state index in [-0.39, 0.29) is 29.1 Å². The maximum absolute atomic E-state index is 12.4. The van der Waals surface area contributed by atoms with E-state index >= 15 is 0 Å². The first-order chi connectivity index (χ1) is 15.5. The zero-order chi connectivity index (χ0) is 22.5. The summed E-state index contributed by atoms with van der Waals surface area (Å²) in [6.45, 7) is 1.96. The van der Waals surface area contributed by atoms with E-state index in [0.717, 1.165) is 32.6 Å². The Balaban J connectivity index is 1.40. The maximum atomic E-state index is 12.4. The fourth-order valence-corrected chi connectivity index (χ4v) is 5.40. The van der Waals surface area contributed by atoms with Gasteiger partial charge in [-0.1, -0.05) is 18.2 Å². The molecule has 1 saturated heterocycles. The fraction of sp³-hybridized carbons (Fsp3) is 0.261. The molecule has 0 saturated carbocycles. The number of thioether (sulfide) groups is 1. The Hall–Kier alpha value is -2.88. The minimum Gasteiger partial charge on any atom is -0.497 e. The second-order valence-electron chi connectivity index (χ2n) is 7.29. The van der Waals surface area contributed by atoms with Gasteiger partial charge in [-0.05, 0) is 43.3 Å². The molecular formula is C23H24N4O3S2. The molecule has 0 spiro atoms. The third-order valence-electron chi connectivity index (χ3n) is 4.96. The summed E-state index contributed by atoms with van der Waals surface area (Å²) in [7, 11) is 1.64. The van der Waals surface area contributed by atoms with Crippen LogP contribution in [0.15, 0.2) is 54.6 Å². The van der Waals surface area contributed by atoms with Crippen molar-refractivity contribution in [3.63, 3.8) is 0 Å². The highest BCUT2D eigenvalue weighted by atomic mass is 32.2. The van der Waals surface area contributed by atoms with E-state index in [1.807, 2.05) is 61.5 Å². The van der Waals surface area contributed by atoms with Gasteiger partial charge in [0.1, 0.15) is 16.3 Å². The number of aromatic nitrogens is 1. The molecule has 1 fully saturated rings. The number of benzene rings is 2. The molecule has 0 aliphatic carbocycles. The van der Waals surface area contributed by atoms with Crippen molar-refractivity contribution >= 4 is 40.6 Å². The Morgan fingerprint density at radius 2 is 1.97 bits per heavy atom. The van der Waals surface area contributed by atoms with Crippen LogP contribution in [0.4, 0.5) is 5.69 Å². The van der Waals surface area contributed by atoms with E-state index in [2.05, 4.69) is 16.0 Å². The van der Waals surface area contributed by atoms with Crippen LogP contribution in [0.1, 0.15) is 23.0 Å². The van der Waals surface area contributed by atoms with Crippen molar-refractivity contribution in [1.29, 1.82) is 0 Å². The van der Waals surface area contributed by atoms with Crippen molar-refractivity contribution in [3.8, 4) is 16.3 Å². The highest BCUT2D eigenvalue weighted by Crippen LogP contribution is 2.35. The summed E-state index contributed by atoms with van der Waals surface area (Å²) in [5.41, 5.74) is 2.31. The molecule has 2 atom stereocenters. The number of methoxy groups -OCH3 is 1. The lowest BCUT2D eigenvalue weighted by Crippen LogP contribution is -2.51. The van der Waals surface area contributed by atoms with Crippen molar-refractivity contribution in [3.05, 3.63) is 65.2 Å². The van der Waals surface area contributed by atoms with Gasteiger partial charge in [-0.25, -0.2) is 4.98 Å². The SMILES string of the molecule is COc1ccc(-c2nc(C)c(C3CC(=O)NC(SCC(=O)Nc4ccccc4)N3)s2)cc1. The molecule has 32 heavy (non-hydrogen) atoms. The number of rotatable bonds is 7. The van der Waals surface area contributed by atoms with Crippen LogP contribution in [0.2, 0.25) is 0 Å². The molecule has 7 nitrogen and oxygen atoms in total. The largest absolute Gasteiger partial charge is 0.497 e. The number of nitrogens with zero attached hydrogens (tertiary/aromatic N) is 1. The van der Waals surface area contributed by atoms with Crippen molar-refractivity contribution < 1.29 is 14.3 Å². The molecule has 9 heteroatoms. The number of hydrogen-bond acceptors (Lipinski definition) is 7. The summed E-state index contributed by atoms with van der Waals surface area (Å²) < 4.78 is 5.22. The Kier molecular flexibility index (Phi) is 7.09. The van der Waals surface area contributed by atoms with E-state index < -0.39 is 0 Å². The zero-order valence-electron chi connectivity index (χ0n) is 17.8. The molecular weight excluding hydrogens is 444 g/mol. The number of para-hydroxylation sites is 1. The topological polar surface area (TPSA) is 92.3 Å². The summed E-state index contributed by atoms with van der Waals surface area (Å²) in [6.07, 6.45) is 0.332. The quantitative estimate of drug-likeness (QED) is 0.487. The van der Waals surface area contributed by atoms with Crippen LogP contribution in [-0.2, 0) is 9.59 Å². The van der Waals surface area contributed by atoms with Gasteiger partial charge in [-0.3, -0.25) is 14.9 Å². The Morgan fingerprint density at radius 1 is 1.22 bits per heavy atom. The molecule has 3 aromatic rings. The molecule has 2 heterocycles. The van der Waals surface area contributed by atoms with Gasteiger partial charge in [0.25, 0.3) is 0 Å². The molecule has 1 aliphatic heterocycles. The molecule has 2 amide bonds. The van der Waals surface area contributed by atoms with Crippen LogP contribution in [0.25, 0.3) is 10.6 Å². The normalized spacial score (nSPS) is 18.1. The molecule has 4 rings (SSSR count). The molecule has 2 aromatic carbocycles. The van der Waals surface area contributed by atoms with Crippen molar-refractivity contribution in [1.82, 2.24) is 15.6 Å². The number of carbonyl (C=O) groups is 2. The van der Waals surface area contributed by atoms with Crippen molar-refractivity contribution in [2.24, 2.45) is 0 Å². The number of ether oxygens (including phenoxy) is 1. The van der Waals surface area contributed by atoms with Crippen LogP contribution in [0.3, 0.4) is 0 Å². The highest BCUT2D eigenvalue weighted by molar-refractivity contribution is 8.00. The summed E-state index contributed by atoms with van der Waals surface area (Å²) in [6, 6.07) is 16.9.